The first-order valence-electron chi connectivity index (χ1n) is 7.70. The van der Waals surface area contributed by atoms with Gasteiger partial charge in [0.2, 0.25) is 5.91 Å². The summed E-state index contributed by atoms with van der Waals surface area (Å²) in [6.45, 7) is 9.92. The highest BCUT2D eigenvalue weighted by molar-refractivity contribution is 7.80. The molecule has 0 aliphatic carbocycles. The molecule has 1 amide bonds. The van der Waals surface area contributed by atoms with Gasteiger partial charge in [0.1, 0.15) is 0 Å². The van der Waals surface area contributed by atoms with Crippen molar-refractivity contribution >= 4 is 31.7 Å². The molecular weight excluding hydrogens is 309 g/mol. The van der Waals surface area contributed by atoms with E-state index in [0.717, 1.165) is 15.9 Å². The van der Waals surface area contributed by atoms with Crippen molar-refractivity contribution in [2.45, 2.75) is 50.7 Å². The van der Waals surface area contributed by atoms with Crippen LogP contribution in [-0.2, 0) is 14.1 Å². The fourth-order valence-corrected chi connectivity index (χ4v) is 2.49. The molecular formula is C17H24BNO3S. The molecule has 6 heteroatoms. The summed E-state index contributed by atoms with van der Waals surface area (Å²) in [5.41, 5.74) is 1.03. The largest absolute Gasteiger partial charge is 0.492 e. The molecule has 1 aromatic carbocycles. The molecule has 2 rings (SSSR count). The molecule has 1 heterocycles. The Hall–Kier alpha value is -1.24. The van der Waals surface area contributed by atoms with Gasteiger partial charge in [-0.3, -0.25) is 4.79 Å². The molecule has 1 aromatic rings. The van der Waals surface area contributed by atoms with E-state index in [1.807, 2.05) is 58.0 Å². The highest BCUT2D eigenvalue weighted by atomic mass is 32.1. The molecule has 0 atom stereocenters. The Morgan fingerprint density at radius 1 is 1.26 bits per heavy atom. The zero-order chi connectivity index (χ0) is 17.3. The van der Waals surface area contributed by atoms with E-state index in [4.69, 9.17) is 9.31 Å². The van der Waals surface area contributed by atoms with E-state index in [0.29, 0.717) is 6.54 Å². The Balaban J connectivity index is 2.30. The van der Waals surface area contributed by atoms with Crippen molar-refractivity contribution < 1.29 is 14.1 Å². The molecule has 1 aliphatic heterocycles. The van der Waals surface area contributed by atoms with Crippen molar-refractivity contribution in [3.8, 4) is 0 Å². The lowest BCUT2D eigenvalue weighted by molar-refractivity contribution is -0.118. The van der Waals surface area contributed by atoms with Gasteiger partial charge in [0.15, 0.2) is 0 Å². The number of nitrogens with one attached hydrogen (secondary N) is 1. The number of thiol groups is 1. The van der Waals surface area contributed by atoms with Crippen LogP contribution in [0, 0.1) is 0 Å². The van der Waals surface area contributed by atoms with E-state index in [9.17, 15) is 4.79 Å². The summed E-state index contributed by atoms with van der Waals surface area (Å²) < 4.78 is 12.2. The van der Waals surface area contributed by atoms with Crippen LogP contribution in [0.5, 0.6) is 0 Å². The van der Waals surface area contributed by atoms with Gasteiger partial charge in [0.25, 0.3) is 0 Å². The van der Waals surface area contributed by atoms with E-state index < -0.39 is 18.3 Å². The molecule has 124 valence electrons. The predicted molar refractivity (Wildman–Crippen MR) is 96.4 cm³/mol. The second kappa shape index (κ2) is 6.71. The van der Waals surface area contributed by atoms with Crippen LogP contribution >= 0.6 is 12.6 Å². The molecule has 0 aromatic heterocycles. The average Bonchev–Trinajstić information content (AvgIpc) is 2.63. The number of amides is 1. The second-order valence-corrected chi connectivity index (χ2v) is 7.33. The molecule has 0 bridgehead atoms. The Morgan fingerprint density at radius 2 is 1.87 bits per heavy atom. The third-order valence-electron chi connectivity index (χ3n) is 4.32. The van der Waals surface area contributed by atoms with Gasteiger partial charge in [-0.2, -0.15) is 0 Å². The highest BCUT2D eigenvalue weighted by Gasteiger charge is 2.52. The summed E-state index contributed by atoms with van der Waals surface area (Å²) in [5.74, 6) is -0.0876. The molecule has 1 N–H and O–H groups in total. The van der Waals surface area contributed by atoms with Crippen LogP contribution in [0.4, 0.5) is 0 Å². The first kappa shape index (κ1) is 18.1. The number of hydrogen-bond acceptors (Lipinski definition) is 4. The Bertz CT molecular complexity index is 612. The van der Waals surface area contributed by atoms with Crippen LogP contribution in [0.1, 0.15) is 40.2 Å². The summed E-state index contributed by atoms with van der Waals surface area (Å²) in [6.07, 6.45) is 1.98. The summed E-state index contributed by atoms with van der Waals surface area (Å²) in [7, 11) is -0.490. The summed E-state index contributed by atoms with van der Waals surface area (Å²) >= 11 is 4.36. The van der Waals surface area contributed by atoms with Crippen molar-refractivity contribution in [1.29, 1.82) is 0 Å². The van der Waals surface area contributed by atoms with Crippen molar-refractivity contribution in [2.24, 2.45) is 0 Å². The number of benzene rings is 1. The third-order valence-corrected chi connectivity index (χ3v) is 4.60. The standard InChI is InChI=1S/C17H24BNO3S/c1-12(20)19-11-14(9-13-7-6-8-15(23)10-13)18-21-16(2,3)17(4,5)22-18/h6-10,23H,11H2,1-5H3,(H,19,20). The first-order chi connectivity index (χ1) is 10.6. The molecule has 0 unspecified atom stereocenters. The highest BCUT2D eigenvalue weighted by Crippen LogP contribution is 2.38. The third kappa shape index (κ3) is 4.40. The van der Waals surface area contributed by atoms with Crippen LogP contribution < -0.4 is 5.32 Å². The molecule has 0 saturated carbocycles. The zero-order valence-electron chi connectivity index (χ0n) is 14.3. The van der Waals surface area contributed by atoms with Crippen molar-refractivity contribution in [3.63, 3.8) is 0 Å². The Kier molecular flexibility index (Phi) is 5.28. The molecule has 23 heavy (non-hydrogen) atoms. The van der Waals surface area contributed by atoms with Gasteiger partial charge in [0, 0.05) is 18.4 Å². The number of carbonyl (C=O) groups excluding carboxylic acids is 1. The van der Waals surface area contributed by atoms with Crippen LogP contribution in [-0.4, -0.2) is 30.8 Å². The number of rotatable bonds is 4. The summed E-state index contributed by atoms with van der Waals surface area (Å²) in [6, 6.07) is 7.80. The van der Waals surface area contributed by atoms with Gasteiger partial charge in [-0.05, 0) is 50.9 Å². The van der Waals surface area contributed by atoms with E-state index in [1.165, 1.54) is 6.92 Å². The number of hydrogen-bond donors (Lipinski definition) is 2. The van der Waals surface area contributed by atoms with Crippen LogP contribution in [0.15, 0.2) is 34.6 Å². The maximum absolute atomic E-state index is 11.3. The van der Waals surface area contributed by atoms with Gasteiger partial charge < -0.3 is 14.6 Å². The van der Waals surface area contributed by atoms with Gasteiger partial charge in [0.05, 0.1) is 11.2 Å². The maximum Gasteiger partial charge on any atom is 0.492 e. The molecule has 0 spiro atoms. The quantitative estimate of drug-likeness (QED) is 0.657. The van der Waals surface area contributed by atoms with E-state index in [-0.39, 0.29) is 5.91 Å². The lowest BCUT2D eigenvalue weighted by Crippen LogP contribution is -2.41. The van der Waals surface area contributed by atoms with Crippen LogP contribution in [0.2, 0.25) is 0 Å². The molecule has 0 radical (unpaired) electrons. The van der Waals surface area contributed by atoms with Crippen molar-refractivity contribution in [1.82, 2.24) is 5.32 Å². The minimum Gasteiger partial charge on any atom is -0.400 e. The lowest BCUT2D eigenvalue weighted by atomic mass is 9.77. The topological polar surface area (TPSA) is 47.6 Å². The van der Waals surface area contributed by atoms with E-state index >= 15 is 0 Å². The van der Waals surface area contributed by atoms with Gasteiger partial charge >= 0.3 is 7.12 Å². The van der Waals surface area contributed by atoms with Gasteiger partial charge in [-0.1, -0.05) is 18.2 Å². The van der Waals surface area contributed by atoms with Crippen LogP contribution in [0.3, 0.4) is 0 Å². The zero-order valence-corrected chi connectivity index (χ0v) is 15.2. The SMILES string of the molecule is CC(=O)NCC(=Cc1cccc(S)c1)B1OC(C)(C)C(C)(C)O1. The van der Waals surface area contributed by atoms with E-state index in [1.54, 1.807) is 0 Å². The van der Waals surface area contributed by atoms with Crippen molar-refractivity contribution in [2.75, 3.05) is 6.54 Å². The fourth-order valence-electron chi connectivity index (χ4n) is 2.25. The molecule has 1 saturated heterocycles. The summed E-state index contributed by atoms with van der Waals surface area (Å²) in [5, 5.41) is 2.83. The first-order valence-corrected chi connectivity index (χ1v) is 8.15. The van der Waals surface area contributed by atoms with Crippen molar-refractivity contribution in [3.05, 3.63) is 35.3 Å². The van der Waals surface area contributed by atoms with Gasteiger partial charge in [-0.15, -0.1) is 12.6 Å². The molecule has 4 nitrogen and oxygen atoms in total. The maximum atomic E-state index is 11.3. The second-order valence-electron chi connectivity index (χ2n) is 6.81. The normalized spacial score (nSPS) is 19.7. The Labute approximate surface area is 144 Å². The minimum absolute atomic E-state index is 0.0876. The fraction of sp³-hybridized carbons (Fsp3) is 0.471. The van der Waals surface area contributed by atoms with Gasteiger partial charge in [-0.25, -0.2) is 0 Å². The van der Waals surface area contributed by atoms with Crippen LogP contribution in [0.25, 0.3) is 6.08 Å². The lowest BCUT2D eigenvalue weighted by Gasteiger charge is -2.32. The number of carbonyl (C=O) groups is 1. The molecule has 1 aliphatic rings. The minimum atomic E-state index is -0.490. The van der Waals surface area contributed by atoms with E-state index in [2.05, 4.69) is 17.9 Å². The molecule has 1 fully saturated rings. The summed E-state index contributed by atoms with van der Waals surface area (Å²) in [4.78, 5) is 12.2. The Morgan fingerprint density at radius 3 is 2.39 bits per heavy atom. The monoisotopic (exact) mass is 333 g/mol. The smallest absolute Gasteiger partial charge is 0.400 e. The average molecular weight is 333 g/mol. The predicted octanol–water partition coefficient (Wildman–Crippen LogP) is 3.13.